The summed E-state index contributed by atoms with van der Waals surface area (Å²) in [6, 6.07) is 17.9. The highest BCUT2D eigenvalue weighted by atomic mass is 19.1. The van der Waals surface area contributed by atoms with Crippen LogP contribution < -0.4 is 14.9 Å². The number of aryl methyl sites for hydroxylation is 1. The summed E-state index contributed by atoms with van der Waals surface area (Å²) in [5, 5.41) is 3.92. The molecule has 3 rings (SSSR count). The molecule has 0 aliphatic rings. The number of carbonyl (C=O) groups is 2. The molecule has 0 bridgehead atoms. The Balaban J connectivity index is 1.50. The molecule has 1 amide bonds. The molecular formula is C26H25FN2O4. The van der Waals surface area contributed by atoms with Crippen LogP contribution in [0.25, 0.3) is 0 Å². The predicted octanol–water partition coefficient (Wildman–Crippen LogP) is 5.01. The number of ether oxygens (including phenoxy) is 2. The fraction of sp³-hybridized carbons (Fsp3) is 0.192. The third-order valence-corrected chi connectivity index (χ3v) is 4.74. The summed E-state index contributed by atoms with van der Waals surface area (Å²) >= 11 is 0. The van der Waals surface area contributed by atoms with Gasteiger partial charge in [-0.2, -0.15) is 5.10 Å². The molecule has 33 heavy (non-hydrogen) atoms. The van der Waals surface area contributed by atoms with Gasteiger partial charge in [-0.15, -0.1) is 0 Å². The van der Waals surface area contributed by atoms with Crippen molar-refractivity contribution >= 4 is 18.1 Å². The third-order valence-electron chi connectivity index (χ3n) is 4.74. The fourth-order valence-electron chi connectivity index (χ4n) is 3.01. The molecule has 6 nitrogen and oxygen atoms in total. The van der Waals surface area contributed by atoms with Crippen LogP contribution in [0.2, 0.25) is 0 Å². The first-order valence-electron chi connectivity index (χ1n) is 10.5. The lowest BCUT2D eigenvalue weighted by Crippen LogP contribution is -2.25. The maximum Gasteiger partial charge on any atom is 0.346 e. The van der Waals surface area contributed by atoms with Crippen molar-refractivity contribution in [2.24, 2.45) is 5.10 Å². The van der Waals surface area contributed by atoms with Crippen molar-refractivity contribution in [3.05, 3.63) is 94.8 Å². The molecule has 3 aromatic carbocycles. The molecule has 7 heteroatoms. The van der Waals surface area contributed by atoms with Gasteiger partial charge in [0, 0.05) is 0 Å². The van der Waals surface area contributed by atoms with Crippen molar-refractivity contribution in [2.75, 3.05) is 6.61 Å². The summed E-state index contributed by atoms with van der Waals surface area (Å²) in [7, 11) is 0. The fourth-order valence-corrected chi connectivity index (χ4v) is 3.01. The number of amides is 1. The number of hydrogen-bond acceptors (Lipinski definition) is 5. The number of benzene rings is 3. The number of carbonyl (C=O) groups excluding carboxylic acids is 2. The third kappa shape index (κ3) is 6.74. The van der Waals surface area contributed by atoms with E-state index in [9.17, 15) is 14.0 Å². The Morgan fingerprint density at radius 2 is 1.79 bits per heavy atom. The van der Waals surface area contributed by atoms with Gasteiger partial charge in [-0.05, 0) is 72.0 Å². The van der Waals surface area contributed by atoms with E-state index in [1.807, 2.05) is 25.1 Å². The number of rotatable bonds is 8. The summed E-state index contributed by atoms with van der Waals surface area (Å²) in [5.41, 5.74) is 5.03. The molecule has 0 radical (unpaired) electrons. The molecule has 0 atom stereocenters. The summed E-state index contributed by atoms with van der Waals surface area (Å²) in [4.78, 5) is 24.1. The van der Waals surface area contributed by atoms with Gasteiger partial charge < -0.3 is 9.47 Å². The van der Waals surface area contributed by atoms with Crippen LogP contribution in [0.15, 0.2) is 71.8 Å². The van der Waals surface area contributed by atoms with Crippen LogP contribution >= 0.6 is 0 Å². The second kappa shape index (κ2) is 11.0. The summed E-state index contributed by atoms with van der Waals surface area (Å²) in [6.07, 6.45) is 1.45. The Hall–Kier alpha value is -4.00. The second-order valence-electron chi connectivity index (χ2n) is 7.72. The van der Waals surface area contributed by atoms with E-state index in [0.29, 0.717) is 11.3 Å². The zero-order chi connectivity index (χ0) is 23.8. The minimum absolute atomic E-state index is 0.140. The topological polar surface area (TPSA) is 77.0 Å². The molecule has 0 saturated heterocycles. The molecule has 0 aromatic heterocycles. The molecule has 170 valence electrons. The van der Waals surface area contributed by atoms with E-state index >= 15 is 0 Å². The van der Waals surface area contributed by atoms with E-state index in [4.69, 9.17) is 9.47 Å². The zero-order valence-electron chi connectivity index (χ0n) is 18.7. The monoisotopic (exact) mass is 448 g/mol. The van der Waals surface area contributed by atoms with Crippen molar-refractivity contribution in [3.8, 4) is 11.5 Å². The van der Waals surface area contributed by atoms with Crippen LogP contribution in [0, 0.1) is 12.7 Å². The standard InChI is InChI=1S/C26H25FN2O4/c1-17(2)21-13-8-18(3)14-24(21)32-16-25(30)29-28-15-19-9-11-20(12-10-19)33-26(31)22-6-4-5-7-23(22)27/h4-15,17H,16H2,1-3H3,(H,29,30)/b28-15+. The van der Waals surface area contributed by atoms with Gasteiger partial charge in [0.2, 0.25) is 0 Å². The highest BCUT2D eigenvalue weighted by molar-refractivity contribution is 5.91. The Bertz CT molecular complexity index is 1160. The normalized spacial score (nSPS) is 10.9. The molecular weight excluding hydrogens is 423 g/mol. The van der Waals surface area contributed by atoms with Crippen LogP contribution in [-0.2, 0) is 4.79 Å². The van der Waals surface area contributed by atoms with Crippen LogP contribution in [0.1, 0.15) is 46.8 Å². The smallest absolute Gasteiger partial charge is 0.346 e. The second-order valence-corrected chi connectivity index (χ2v) is 7.72. The Labute approximate surface area is 192 Å². The molecule has 1 N–H and O–H groups in total. The van der Waals surface area contributed by atoms with Gasteiger partial charge in [-0.3, -0.25) is 4.79 Å². The maximum absolute atomic E-state index is 13.7. The molecule has 0 saturated carbocycles. The quantitative estimate of drug-likeness (QED) is 0.228. The van der Waals surface area contributed by atoms with Gasteiger partial charge in [0.05, 0.1) is 11.8 Å². The van der Waals surface area contributed by atoms with Gasteiger partial charge in [0.25, 0.3) is 5.91 Å². The molecule has 0 unspecified atom stereocenters. The molecule has 0 aliphatic carbocycles. The van der Waals surface area contributed by atoms with Crippen molar-refractivity contribution in [1.29, 1.82) is 0 Å². The van der Waals surface area contributed by atoms with Gasteiger partial charge >= 0.3 is 5.97 Å². The van der Waals surface area contributed by atoms with Crippen molar-refractivity contribution in [2.45, 2.75) is 26.7 Å². The molecule has 0 heterocycles. The predicted molar refractivity (Wildman–Crippen MR) is 124 cm³/mol. The molecule has 3 aromatic rings. The molecule has 0 aliphatic heterocycles. The van der Waals surface area contributed by atoms with Crippen molar-refractivity contribution in [3.63, 3.8) is 0 Å². The SMILES string of the molecule is Cc1ccc(C(C)C)c(OCC(=O)N/N=C/c2ccc(OC(=O)c3ccccc3F)cc2)c1. The van der Waals surface area contributed by atoms with E-state index < -0.39 is 17.7 Å². The summed E-state index contributed by atoms with van der Waals surface area (Å²) in [6.45, 7) is 5.93. The molecule has 0 fully saturated rings. The zero-order valence-corrected chi connectivity index (χ0v) is 18.7. The average Bonchev–Trinajstić information content (AvgIpc) is 2.79. The van der Waals surface area contributed by atoms with E-state index in [2.05, 4.69) is 24.4 Å². The van der Waals surface area contributed by atoms with E-state index in [0.717, 1.165) is 11.1 Å². The van der Waals surface area contributed by atoms with Crippen molar-refractivity contribution in [1.82, 2.24) is 5.43 Å². The highest BCUT2D eigenvalue weighted by Crippen LogP contribution is 2.27. The average molecular weight is 448 g/mol. The van der Waals surface area contributed by atoms with Gasteiger partial charge in [-0.1, -0.05) is 38.1 Å². The molecule has 0 spiro atoms. The van der Waals surface area contributed by atoms with E-state index in [1.54, 1.807) is 30.3 Å². The number of esters is 1. The first kappa shape index (κ1) is 23.7. The minimum atomic E-state index is -0.781. The summed E-state index contributed by atoms with van der Waals surface area (Å²) < 4.78 is 24.5. The number of hydrogen-bond donors (Lipinski definition) is 1. The van der Waals surface area contributed by atoms with Crippen LogP contribution in [0.5, 0.6) is 11.5 Å². The first-order chi connectivity index (χ1) is 15.8. The van der Waals surface area contributed by atoms with Gasteiger partial charge in [-0.25, -0.2) is 14.6 Å². The first-order valence-corrected chi connectivity index (χ1v) is 10.5. The number of halogens is 1. The number of hydrazone groups is 1. The van der Waals surface area contributed by atoms with E-state index in [-0.39, 0.29) is 23.8 Å². The lowest BCUT2D eigenvalue weighted by atomic mass is 10.0. The lowest BCUT2D eigenvalue weighted by molar-refractivity contribution is -0.123. The number of nitrogens with one attached hydrogen (secondary N) is 1. The van der Waals surface area contributed by atoms with Crippen LogP contribution in [-0.4, -0.2) is 24.7 Å². The Morgan fingerprint density at radius 3 is 2.48 bits per heavy atom. The number of nitrogens with zero attached hydrogens (tertiary/aromatic N) is 1. The Morgan fingerprint density at radius 1 is 1.06 bits per heavy atom. The summed E-state index contributed by atoms with van der Waals surface area (Å²) in [5.74, 6) is -0.597. The van der Waals surface area contributed by atoms with E-state index in [1.165, 1.54) is 24.4 Å². The van der Waals surface area contributed by atoms with Crippen LogP contribution in [0.4, 0.5) is 4.39 Å². The van der Waals surface area contributed by atoms with Gasteiger partial charge in [0.1, 0.15) is 17.3 Å². The van der Waals surface area contributed by atoms with Crippen LogP contribution in [0.3, 0.4) is 0 Å². The Kier molecular flexibility index (Phi) is 7.91. The minimum Gasteiger partial charge on any atom is -0.483 e. The largest absolute Gasteiger partial charge is 0.483 e. The highest BCUT2D eigenvalue weighted by Gasteiger charge is 2.13. The maximum atomic E-state index is 13.7. The van der Waals surface area contributed by atoms with Gasteiger partial charge in [0.15, 0.2) is 6.61 Å². The lowest BCUT2D eigenvalue weighted by Gasteiger charge is -2.14. The van der Waals surface area contributed by atoms with Crippen molar-refractivity contribution < 1.29 is 23.5 Å².